The van der Waals surface area contributed by atoms with E-state index in [1.807, 2.05) is 36.4 Å². The summed E-state index contributed by atoms with van der Waals surface area (Å²) in [6.45, 7) is -0.0816. The molecule has 0 aliphatic rings. The number of carbonyl (C=O) groups is 2. The number of aromatic nitrogens is 1. The zero-order valence-electron chi connectivity index (χ0n) is 16.2. The number of thiophene rings is 1. The number of amides is 1. The van der Waals surface area contributed by atoms with E-state index in [-0.39, 0.29) is 11.5 Å². The molecule has 10 heteroatoms. The lowest BCUT2D eigenvalue weighted by Crippen LogP contribution is -2.22. The average molecular weight is 454 g/mol. The van der Waals surface area contributed by atoms with Crippen molar-refractivity contribution in [2.24, 2.45) is 4.99 Å². The third kappa shape index (κ3) is 4.30. The number of hydrogen-bond donors (Lipinski definition) is 0. The van der Waals surface area contributed by atoms with Gasteiger partial charge >= 0.3 is 11.0 Å². The minimum absolute atomic E-state index is 0.00339. The van der Waals surface area contributed by atoms with Crippen LogP contribution in [0.25, 0.3) is 27.1 Å². The number of rotatable bonds is 5. The summed E-state index contributed by atoms with van der Waals surface area (Å²) in [6.07, 6.45) is 2.73. The van der Waals surface area contributed by atoms with Gasteiger partial charge in [-0.3, -0.25) is 19.7 Å². The van der Waals surface area contributed by atoms with Gasteiger partial charge in [-0.2, -0.15) is 4.99 Å². The predicted octanol–water partition coefficient (Wildman–Crippen LogP) is 4.14. The highest BCUT2D eigenvalue weighted by Gasteiger charge is 2.13. The van der Waals surface area contributed by atoms with Crippen LogP contribution in [0.5, 0.6) is 0 Å². The third-order valence-corrected chi connectivity index (χ3v) is 6.61. The maximum atomic E-state index is 12.5. The molecule has 0 bridgehead atoms. The molecule has 0 saturated carbocycles. The van der Waals surface area contributed by atoms with Crippen LogP contribution in [-0.4, -0.2) is 28.5 Å². The van der Waals surface area contributed by atoms with Crippen molar-refractivity contribution in [3.8, 4) is 0 Å². The Morgan fingerprint density at radius 2 is 1.97 bits per heavy atom. The number of methoxy groups -OCH3 is 1. The lowest BCUT2D eigenvalue weighted by atomic mass is 10.1. The molecule has 0 atom stereocenters. The normalized spacial score (nSPS) is 12.1. The van der Waals surface area contributed by atoms with Gasteiger partial charge < -0.3 is 9.30 Å². The number of nitro groups is 1. The fourth-order valence-corrected chi connectivity index (χ4v) is 4.94. The lowest BCUT2D eigenvalue weighted by Gasteiger charge is -2.04. The van der Waals surface area contributed by atoms with Gasteiger partial charge in [0, 0.05) is 22.4 Å². The third-order valence-electron chi connectivity index (χ3n) is 4.48. The topological polar surface area (TPSA) is 104 Å². The molecule has 0 fully saturated rings. The van der Waals surface area contributed by atoms with Crippen LogP contribution in [0.15, 0.2) is 59.6 Å². The highest BCUT2D eigenvalue weighted by molar-refractivity contribution is 7.17. The van der Waals surface area contributed by atoms with E-state index in [1.54, 1.807) is 10.6 Å². The summed E-state index contributed by atoms with van der Waals surface area (Å²) in [5.74, 6) is -0.992. The smallest absolute Gasteiger partial charge is 0.325 e. The van der Waals surface area contributed by atoms with Gasteiger partial charge in [-0.15, -0.1) is 0 Å². The van der Waals surface area contributed by atoms with Crippen LogP contribution < -0.4 is 4.80 Å². The number of fused-ring (bicyclic) bond motifs is 3. The van der Waals surface area contributed by atoms with Crippen LogP contribution in [0, 0.1) is 10.1 Å². The van der Waals surface area contributed by atoms with E-state index in [0.717, 1.165) is 32.3 Å². The molecular weight excluding hydrogens is 438 g/mol. The number of nitrogens with zero attached hydrogens (tertiary/aromatic N) is 3. The van der Waals surface area contributed by atoms with Crippen molar-refractivity contribution >= 4 is 66.6 Å². The summed E-state index contributed by atoms with van der Waals surface area (Å²) in [5.41, 5.74) is 0.776. The zero-order valence-corrected chi connectivity index (χ0v) is 17.8. The molecule has 0 spiro atoms. The Hall–Kier alpha value is -3.63. The Kier molecular flexibility index (Phi) is 5.74. The van der Waals surface area contributed by atoms with Crippen molar-refractivity contribution in [1.29, 1.82) is 0 Å². The first-order valence-corrected chi connectivity index (χ1v) is 10.7. The van der Waals surface area contributed by atoms with Crippen LogP contribution in [0.1, 0.15) is 4.88 Å². The van der Waals surface area contributed by atoms with Crippen molar-refractivity contribution < 1.29 is 19.2 Å². The molecule has 2 aromatic carbocycles. The molecule has 31 heavy (non-hydrogen) atoms. The first-order valence-electron chi connectivity index (χ1n) is 9.05. The molecule has 0 radical (unpaired) electrons. The van der Waals surface area contributed by atoms with Crippen molar-refractivity contribution in [2.45, 2.75) is 6.54 Å². The summed E-state index contributed by atoms with van der Waals surface area (Å²) in [5, 5.41) is 12.8. The SMILES string of the molecule is COC(=O)Cn1c(=NC(=O)/C=C/c2ccc([N+](=O)[O-])s2)sc2c3ccccc3ccc21. The summed E-state index contributed by atoms with van der Waals surface area (Å²) in [4.78, 5) is 39.8. The van der Waals surface area contributed by atoms with Crippen molar-refractivity contribution in [3.05, 3.63) is 74.4 Å². The minimum Gasteiger partial charge on any atom is -0.468 e. The number of carbonyl (C=O) groups excluding carboxylic acids is 2. The van der Waals surface area contributed by atoms with E-state index in [2.05, 4.69) is 4.99 Å². The second-order valence-electron chi connectivity index (χ2n) is 6.40. The van der Waals surface area contributed by atoms with E-state index >= 15 is 0 Å². The molecule has 0 saturated heterocycles. The number of hydrogen-bond acceptors (Lipinski definition) is 7. The van der Waals surface area contributed by atoms with Crippen LogP contribution in [0.3, 0.4) is 0 Å². The molecule has 2 heterocycles. The molecule has 8 nitrogen and oxygen atoms in total. The number of benzene rings is 2. The Labute approximate surface area is 183 Å². The fourth-order valence-electron chi connectivity index (χ4n) is 3.05. The number of esters is 1. The van der Waals surface area contributed by atoms with Crippen LogP contribution in [0.2, 0.25) is 0 Å². The summed E-state index contributed by atoms with van der Waals surface area (Å²) >= 11 is 2.28. The Morgan fingerprint density at radius 1 is 1.16 bits per heavy atom. The molecule has 4 rings (SSSR count). The quantitative estimate of drug-likeness (QED) is 0.196. The first-order chi connectivity index (χ1) is 15.0. The Bertz CT molecular complexity index is 1430. The molecule has 2 aromatic heterocycles. The Morgan fingerprint density at radius 3 is 2.71 bits per heavy atom. The minimum atomic E-state index is -0.537. The fraction of sp³-hybridized carbons (Fsp3) is 0.0952. The van der Waals surface area contributed by atoms with Crippen LogP contribution in [-0.2, 0) is 20.9 Å². The predicted molar refractivity (Wildman–Crippen MR) is 120 cm³/mol. The maximum absolute atomic E-state index is 12.5. The molecule has 0 unspecified atom stereocenters. The maximum Gasteiger partial charge on any atom is 0.325 e. The molecular formula is C21H15N3O5S2. The monoisotopic (exact) mass is 453 g/mol. The van der Waals surface area contributed by atoms with Gasteiger partial charge in [-0.05, 0) is 23.6 Å². The average Bonchev–Trinajstić information content (AvgIpc) is 3.38. The molecule has 156 valence electrons. The number of ether oxygens (including phenoxy) is 1. The van der Waals surface area contributed by atoms with E-state index < -0.39 is 16.8 Å². The van der Waals surface area contributed by atoms with E-state index in [4.69, 9.17) is 4.74 Å². The molecule has 1 amide bonds. The summed E-state index contributed by atoms with van der Waals surface area (Å²) < 4.78 is 7.36. The Balaban J connectivity index is 1.77. The highest BCUT2D eigenvalue weighted by atomic mass is 32.1. The van der Waals surface area contributed by atoms with Crippen LogP contribution in [0.4, 0.5) is 5.00 Å². The second-order valence-corrected chi connectivity index (χ2v) is 8.47. The van der Waals surface area contributed by atoms with Gasteiger partial charge in [0.1, 0.15) is 6.54 Å². The van der Waals surface area contributed by atoms with Crippen LogP contribution >= 0.6 is 22.7 Å². The van der Waals surface area contributed by atoms with Crippen molar-refractivity contribution in [2.75, 3.05) is 7.11 Å². The van der Waals surface area contributed by atoms with Gasteiger partial charge in [0.15, 0.2) is 4.80 Å². The standard InChI is InChI=1S/C21H15N3O5S2/c1-29-19(26)12-23-16-9-6-13-4-2-3-5-15(13)20(16)31-21(23)22-17(25)10-7-14-8-11-18(30-14)24(27)28/h2-11H,12H2,1H3/b10-7+,22-21?. The van der Waals surface area contributed by atoms with Crippen molar-refractivity contribution in [3.63, 3.8) is 0 Å². The van der Waals surface area contributed by atoms with Gasteiger partial charge in [0.05, 0.1) is 22.2 Å². The molecule has 4 aromatic rings. The molecule has 0 aliphatic carbocycles. The zero-order chi connectivity index (χ0) is 22.0. The summed E-state index contributed by atoms with van der Waals surface area (Å²) in [7, 11) is 1.30. The second kappa shape index (κ2) is 8.62. The summed E-state index contributed by atoms with van der Waals surface area (Å²) in [6, 6.07) is 14.6. The number of thiazole rings is 1. The van der Waals surface area contributed by atoms with Gasteiger partial charge in [-0.25, -0.2) is 0 Å². The largest absolute Gasteiger partial charge is 0.468 e. The lowest BCUT2D eigenvalue weighted by molar-refractivity contribution is -0.380. The van der Waals surface area contributed by atoms with Gasteiger partial charge in [-0.1, -0.05) is 53.0 Å². The first kappa shape index (κ1) is 20.6. The molecule has 0 N–H and O–H groups in total. The van der Waals surface area contributed by atoms with E-state index in [1.165, 1.54) is 36.7 Å². The van der Waals surface area contributed by atoms with Crippen molar-refractivity contribution in [1.82, 2.24) is 4.57 Å². The van der Waals surface area contributed by atoms with Gasteiger partial charge in [0.25, 0.3) is 5.91 Å². The van der Waals surface area contributed by atoms with E-state index in [0.29, 0.717) is 9.68 Å². The highest BCUT2D eigenvalue weighted by Crippen LogP contribution is 2.28. The van der Waals surface area contributed by atoms with Gasteiger partial charge in [0.2, 0.25) is 0 Å². The molecule has 0 aliphatic heterocycles. The van der Waals surface area contributed by atoms with E-state index in [9.17, 15) is 19.7 Å².